The number of piperazine rings is 1. The minimum Gasteiger partial charge on any atom is -0.372 e. The quantitative estimate of drug-likeness (QED) is 0.601. The van der Waals surface area contributed by atoms with Gasteiger partial charge in [-0.1, -0.05) is 6.07 Å². The van der Waals surface area contributed by atoms with Crippen LogP contribution in [0.1, 0.15) is 25.3 Å². The number of para-hydroxylation sites is 1. The summed E-state index contributed by atoms with van der Waals surface area (Å²) in [7, 11) is 1.76. The van der Waals surface area contributed by atoms with E-state index >= 15 is 0 Å². The number of imide groups is 1. The number of imidazole rings is 1. The molecule has 1 aromatic heterocycles. The largest absolute Gasteiger partial charge is 0.372 e. The fourth-order valence-electron chi connectivity index (χ4n) is 6.15. The summed E-state index contributed by atoms with van der Waals surface area (Å²) in [6, 6.07) is 5.24. The Morgan fingerprint density at radius 3 is 2.59 bits per heavy atom. The summed E-state index contributed by atoms with van der Waals surface area (Å²) in [5, 5.41) is 5.71. The average molecular weight is 469 g/mol. The monoisotopic (exact) mass is 468 g/mol. The summed E-state index contributed by atoms with van der Waals surface area (Å²) in [6.45, 7) is 7.62. The van der Waals surface area contributed by atoms with Crippen LogP contribution in [0.3, 0.4) is 0 Å². The second kappa shape index (κ2) is 8.21. The third kappa shape index (κ3) is 3.55. The van der Waals surface area contributed by atoms with E-state index in [4.69, 9.17) is 4.74 Å². The maximum atomic E-state index is 13.2. The molecule has 5 heterocycles. The number of piperidine rings is 1. The third-order valence-corrected chi connectivity index (χ3v) is 8.01. The molecule has 1 spiro atoms. The lowest BCUT2D eigenvalue weighted by Crippen LogP contribution is -2.59. The zero-order valence-electron chi connectivity index (χ0n) is 19.6. The molecule has 34 heavy (non-hydrogen) atoms. The number of aromatic nitrogens is 2. The number of rotatable bonds is 4. The van der Waals surface area contributed by atoms with Gasteiger partial charge in [0.15, 0.2) is 0 Å². The number of aryl methyl sites for hydroxylation is 1. The van der Waals surface area contributed by atoms with Crippen molar-refractivity contribution in [2.45, 2.75) is 30.9 Å². The van der Waals surface area contributed by atoms with E-state index in [2.05, 4.69) is 26.5 Å². The number of amides is 2. The summed E-state index contributed by atoms with van der Waals surface area (Å²) >= 11 is 0. The first-order valence-electron chi connectivity index (χ1n) is 12.3. The molecule has 4 aliphatic heterocycles. The molecule has 2 aromatic rings. The van der Waals surface area contributed by atoms with Crippen LogP contribution >= 0.6 is 0 Å². The maximum absolute atomic E-state index is 13.2. The highest BCUT2D eigenvalue weighted by atomic mass is 16.5. The predicted octanol–water partition coefficient (Wildman–Crippen LogP) is -0.182. The van der Waals surface area contributed by atoms with E-state index in [1.165, 1.54) is 0 Å². The summed E-state index contributed by atoms with van der Waals surface area (Å²) < 4.78 is 9.28. The molecule has 10 heteroatoms. The SMILES string of the molecule is Cn1c(=O)n(C2CCC(=O)NC2=O)c2cccc(N3CCN(CC4COC5(CNC5)C4)CC3)c21. The van der Waals surface area contributed by atoms with Gasteiger partial charge in [-0.15, -0.1) is 0 Å². The fraction of sp³-hybridized carbons (Fsp3) is 0.625. The van der Waals surface area contributed by atoms with Gasteiger partial charge < -0.3 is 15.0 Å². The summed E-state index contributed by atoms with van der Waals surface area (Å²) in [5.74, 6) is -0.0857. The normalized spacial score (nSPS) is 27.4. The minimum absolute atomic E-state index is 0.0998. The van der Waals surface area contributed by atoms with Crippen molar-refractivity contribution < 1.29 is 14.3 Å². The van der Waals surface area contributed by atoms with Crippen molar-refractivity contribution in [3.63, 3.8) is 0 Å². The molecule has 1 aromatic carbocycles. The number of anilines is 1. The smallest absolute Gasteiger partial charge is 0.329 e. The molecule has 2 atom stereocenters. The fourth-order valence-corrected chi connectivity index (χ4v) is 6.15. The zero-order chi connectivity index (χ0) is 23.4. The maximum Gasteiger partial charge on any atom is 0.329 e. The van der Waals surface area contributed by atoms with Crippen LogP contribution in [0.4, 0.5) is 5.69 Å². The lowest BCUT2D eigenvalue weighted by molar-refractivity contribution is -0.135. The number of hydrogen-bond acceptors (Lipinski definition) is 7. The number of hydrogen-bond donors (Lipinski definition) is 2. The molecule has 2 unspecified atom stereocenters. The number of nitrogens with zero attached hydrogens (tertiary/aromatic N) is 4. The predicted molar refractivity (Wildman–Crippen MR) is 127 cm³/mol. The molecule has 0 aliphatic carbocycles. The number of benzene rings is 1. The number of nitrogens with one attached hydrogen (secondary N) is 2. The van der Waals surface area contributed by atoms with Gasteiger partial charge in [0.1, 0.15) is 6.04 Å². The molecular weight excluding hydrogens is 436 g/mol. The van der Waals surface area contributed by atoms with Crippen LogP contribution in [0.25, 0.3) is 11.0 Å². The van der Waals surface area contributed by atoms with E-state index in [-0.39, 0.29) is 23.6 Å². The molecule has 4 fully saturated rings. The van der Waals surface area contributed by atoms with Crippen molar-refractivity contribution in [2.75, 3.05) is 57.3 Å². The Kier molecular flexibility index (Phi) is 5.27. The Hall–Kier alpha value is -2.69. The molecule has 0 radical (unpaired) electrons. The van der Waals surface area contributed by atoms with Gasteiger partial charge in [0.05, 0.1) is 28.9 Å². The number of fused-ring (bicyclic) bond motifs is 1. The standard InChI is InChI=1S/C24H32N6O4/c1-27-21-17(3-2-4-18(21)30(23(27)33)19-5-6-20(31)26-22(19)32)29-9-7-28(8-10-29)12-16-11-24(34-13-16)14-25-15-24/h2-4,16,19,25H,5-15H2,1H3,(H,26,31,32). The highest BCUT2D eigenvalue weighted by molar-refractivity contribution is 6.00. The summed E-state index contributed by atoms with van der Waals surface area (Å²) in [5.41, 5.74) is 2.48. The van der Waals surface area contributed by atoms with E-state index < -0.39 is 11.9 Å². The molecule has 10 nitrogen and oxygen atoms in total. The Morgan fingerprint density at radius 1 is 1.12 bits per heavy atom. The van der Waals surface area contributed by atoms with Crippen LogP contribution in [0.5, 0.6) is 0 Å². The summed E-state index contributed by atoms with van der Waals surface area (Å²) in [4.78, 5) is 42.2. The van der Waals surface area contributed by atoms with Gasteiger partial charge in [-0.05, 0) is 30.9 Å². The molecule has 0 saturated carbocycles. The molecule has 2 N–H and O–H groups in total. The highest BCUT2D eigenvalue weighted by Gasteiger charge is 2.45. The molecule has 4 aliphatic rings. The number of ether oxygens (including phenoxy) is 1. The first-order valence-corrected chi connectivity index (χ1v) is 12.3. The van der Waals surface area contributed by atoms with E-state index in [1.807, 2.05) is 12.1 Å². The Balaban J connectivity index is 1.20. The van der Waals surface area contributed by atoms with Gasteiger partial charge in [0.2, 0.25) is 11.8 Å². The van der Waals surface area contributed by atoms with E-state index in [0.29, 0.717) is 12.3 Å². The lowest BCUT2D eigenvalue weighted by Gasteiger charge is -2.39. The third-order valence-electron chi connectivity index (χ3n) is 8.01. The Labute approximate surface area is 197 Å². The van der Waals surface area contributed by atoms with Crippen LogP contribution in [0.15, 0.2) is 23.0 Å². The lowest BCUT2D eigenvalue weighted by atomic mass is 9.89. The number of carbonyl (C=O) groups is 2. The van der Waals surface area contributed by atoms with Gasteiger partial charge in [0, 0.05) is 59.3 Å². The molecule has 4 saturated heterocycles. The topological polar surface area (TPSA) is 101 Å². The molecule has 2 amide bonds. The van der Waals surface area contributed by atoms with Gasteiger partial charge in [-0.2, -0.15) is 0 Å². The molecule has 182 valence electrons. The van der Waals surface area contributed by atoms with Crippen molar-refractivity contribution in [2.24, 2.45) is 13.0 Å². The van der Waals surface area contributed by atoms with E-state index in [0.717, 1.165) is 75.6 Å². The Bertz CT molecular complexity index is 1190. The van der Waals surface area contributed by atoms with Crippen LogP contribution < -0.4 is 21.2 Å². The van der Waals surface area contributed by atoms with Gasteiger partial charge in [0.25, 0.3) is 0 Å². The van der Waals surface area contributed by atoms with Gasteiger partial charge >= 0.3 is 5.69 Å². The summed E-state index contributed by atoms with van der Waals surface area (Å²) in [6.07, 6.45) is 1.73. The van der Waals surface area contributed by atoms with Crippen LogP contribution in [-0.2, 0) is 21.4 Å². The molecule has 6 rings (SSSR count). The molecule has 0 bridgehead atoms. The number of carbonyl (C=O) groups excluding carboxylic acids is 2. The average Bonchev–Trinajstić information content (AvgIpc) is 3.35. The van der Waals surface area contributed by atoms with Crippen molar-refractivity contribution >= 4 is 28.5 Å². The second-order valence-electron chi connectivity index (χ2n) is 10.3. The first kappa shape index (κ1) is 21.8. The molecular formula is C24H32N6O4. The minimum atomic E-state index is -0.663. The second-order valence-corrected chi connectivity index (χ2v) is 10.3. The van der Waals surface area contributed by atoms with Crippen molar-refractivity contribution in [3.05, 3.63) is 28.7 Å². The zero-order valence-corrected chi connectivity index (χ0v) is 19.6. The van der Waals surface area contributed by atoms with Crippen LogP contribution in [-0.4, -0.2) is 83.9 Å². The Morgan fingerprint density at radius 2 is 1.91 bits per heavy atom. The van der Waals surface area contributed by atoms with Crippen LogP contribution in [0, 0.1) is 5.92 Å². The highest BCUT2D eigenvalue weighted by Crippen LogP contribution is 2.34. The van der Waals surface area contributed by atoms with Gasteiger partial charge in [-0.3, -0.25) is 28.9 Å². The van der Waals surface area contributed by atoms with E-state index in [1.54, 1.807) is 16.2 Å². The van der Waals surface area contributed by atoms with Crippen LogP contribution in [0.2, 0.25) is 0 Å². The van der Waals surface area contributed by atoms with Crippen molar-refractivity contribution in [3.8, 4) is 0 Å². The first-order chi connectivity index (χ1) is 16.4. The van der Waals surface area contributed by atoms with Crippen molar-refractivity contribution in [1.82, 2.24) is 24.7 Å². The van der Waals surface area contributed by atoms with E-state index in [9.17, 15) is 14.4 Å². The van der Waals surface area contributed by atoms with Crippen molar-refractivity contribution in [1.29, 1.82) is 0 Å². The van der Waals surface area contributed by atoms with Gasteiger partial charge in [-0.25, -0.2) is 4.79 Å².